The van der Waals surface area contributed by atoms with Crippen LogP contribution in [0.25, 0.3) is 0 Å². The normalized spacial score (nSPS) is 25.1. The smallest absolute Gasteiger partial charge is 0.122 e. The minimum Gasteiger partial charge on any atom is -0.465 e. The Labute approximate surface area is 104 Å². The first-order valence-corrected chi connectivity index (χ1v) is 6.71. The van der Waals surface area contributed by atoms with Gasteiger partial charge in [0.25, 0.3) is 0 Å². The summed E-state index contributed by atoms with van der Waals surface area (Å²) >= 11 is 0. The fourth-order valence-corrected chi connectivity index (χ4v) is 2.82. The van der Waals surface area contributed by atoms with Crippen molar-refractivity contribution in [3.63, 3.8) is 0 Å². The Kier molecular flexibility index (Phi) is 3.89. The van der Waals surface area contributed by atoms with Gasteiger partial charge in [0.05, 0.1) is 6.04 Å². The van der Waals surface area contributed by atoms with Gasteiger partial charge in [0.2, 0.25) is 0 Å². The van der Waals surface area contributed by atoms with E-state index in [2.05, 4.69) is 24.8 Å². The van der Waals surface area contributed by atoms with Crippen LogP contribution in [0.4, 0.5) is 0 Å². The monoisotopic (exact) mass is 236 g/mol. The molecule has 1 aliphatic heterocycles. The predicted octanol–water partition coefficient (Wildman–Crippen LogP) is 2.85. The highest BCUT2D eigenvalue weighted by atomic mass is 16.3. The topological polar surface area (TPSA) is 42.4 Å². The van der Waals surface area contributed by atoms with E-state index in [1.165, 1.54) is 12.8 Å². The number of nitrogens with zero attached hydrogens (tertiary/aromatic N) is 1. The standard InChI is InChI=1S/C14H24N2O/c1-4-12(15)14(13-8-7-11(3)17-13)16-9-5-6-10(16)2/h7-8,10,12,14H,4-6,9,15H2,1-3H3. The number of hydrogen-bond donors (Lipinski definition) is 1. The van der Waals surface area contributed by atoms with Crippen molar-refractivity contribution in [2.24, 2.45) is 5.73 Å². The number of hydrogen-bond acceptors (Lipinski definition) is 3. The molecule has 1 aliphatic rings. The van der Waals surface area contributed by atoms with Crippen LogP contribution in [-0.4, -0.2) is 23.5 Å². The van der Waals surface area contributed by atoms with Crippen LogP contribution in [0.5, 0.6) is 0 Å². The average molecular weight is 236 g/mol. The molecule has 0 amide bonds. The average Bonchev–Trinajstić information content (AvgIpc) is 2.90. The summed E-state index contributed by atoms with van der Waals surface area (Å²) in [6, 6.07) is 5.13. The fourth-order valence-electron chi connectivity index (χ4n) is 2.82. The highest BCUT2D eigenvalue weighted by molar-refractivity contribution is 5.13. The van der Waals surface area contributed by atoms with Gasteiger partial charge in [-0.3, -0.25) is 4.90 Å². The molecular weight excluding hydrogens is 212 g/mol. The largest absolute Gasteiger partial charge is 0.465 e. The van der Waals surface area contributed by atoms with E-state index in [-0.39, 0.29) is 12.1 Å². The first kappa shape index (κ1) is 12.7. The lowest BCUT2D eigenvalue weighted by Crippen LogP contribution is -2.42. The lowest BCUT2D eigenvalue weighted by molar-refractivity contribution is 0.141. The molecule has 17 heavy (non-hydrogen) atoms. The van der Waals surface area contributed by atoms with Gasteiger partial charge in [-0.15, -0.1) is 0 Å². The van der Waals surface area contributed by atoms with Crippen LogP contribution in [0.1, 0.15) is 50.7 Å². The van der Waals surface area contributed by atoms with Crippen LogP contribution in [0.15, 0.2) is 16.5 Å². The zero-order valence-corrected chi connectivity index (χ0v) is 11.1. The van der Waals surface area contributed by atoms with Gasteiger partial charge in [-0.1, -0.05) is 6.92 Å². The molecule has 1 aromatic rings. The van der Waals surface area contributed by atoms with E-state index < -0.39 is 0 Å². The van der Waals surface area contributed by atoms with E-state index in [9.17, 15) is 0 Å². The van der Waals surface area contributed by atoms with Gasteiger partial charge in [0.1, 0.15) is 11.5 Å². The molecule has 1 saturated heterocycles. The van der Waals surface area contributed by atoms with Gasteiger partial charge >= 0.3 is 0 Å². The quantitative estimate of drug-likeness (QED) is 0.874. The van der Waals surface area contributed by atoms with Crippen molar-refractivity contribution in [1.82, 2.24) is 4.90 Å². The molecule has 2 rings (SSSR count). The van der Waals surface area contributed by atoms with Crippen molar-refractivity contribution in [3.8, 4) is 0 Å². The maximum atomic E-state index is 6.30. The maximum absolute atomic E-state index is 6.30. The Balaban J connectivity index is 2.24. The highest BCUT2D eigenvalue weighted by Gasteiger charge is 2.33. The zero-order valence-electron chi connectivity index (χ0n) is 11.1. The van der Waals surface area contributed by atoms with E-state index in [1.54, 1.807) is 0 Å². The molecule has 1 fully saturated rings. The van der Waals surface area contributed by atoms with Crippen LogP contribution in [0.2, 0.25) is 0 Å². The molecule has 0 radical (unpaired) electrons. The molecule has 2 heterocycles. The summed E-state index contributed by atoms with van der Waals surface area (Å²) in [4.78, 5) is 2.51. The summed E-state index contributed by atoms with van der Waals surface area (Å²) in [6.45, 7) is 7.57. The Morgan fingerprint density at radius 3 is 2.76 bits per heavy atom. The van der Waals surface area contributed by atoms with Crippen molar-refractivity contribution in [1.29, 1.82) is 0 Å². The second kappa shape index (κ2) is 5.23. The fraction of sp³-hybridized carbons (Fsp3) is 0.714. The third-order valence-electron chi connectivity index (χ3n) is 3.89. The number of nitrogens with two attached hydrogens (primary N) is 1. The van der Waals surface area contributed by atoms with Crippen LogP contribution in [0.3, 0.4) is 0 Å². The van der Waals surface area contributed by atoms with E-state index in [0.717, 1.165) is 24.5 Å². The van der Waals surface area contributed by atoms with Crippen LogP contribution in [-0.2, 0) is 0 Å². The van der Waals surface area contributed by atoms with Crippen molar-refractivity contribution < 1.29 is 4.42 Å². The lowest BCUT2D eigenvalue weighted by atomic mass is 10.0. The van der Waals surface area contributed by atoms with E-state index in [0.29, 0.717) is 6.04 Å². The molecule has 0 bridgehead atoms. The van der Waals surface area contributed by atoms with E-state index in [4.69, 9.17) is 10.2 Å². The number of aryl methyl sites for hydroxylation is 1. The van der Waals surface area contributed by atoms with Gasteiger partial charge in [-0.25, -0.2) is 0 Å². The Morgan fingerprint density at radius 1 is 1.53 bits per heavy atom. The molecule has 1 aromatic heterocycles. The molecule has 0 aliphatic carbocycles. The van der Waals surface area contributed by atoms with Gasteiger partial charge < -0.3 is 10.2 Å². The van der Waals surface area contributed by atoms with Gasteiger partial charge in [0.15, 0.2) is 0 Å². The lowest BCUT2D eigenvalue weighted by Gasteiger charge is -2.33. The van der Waals surface area contributed by atoms with Crippen molar-refractivity contribution in [2.75, 3.05) is 6.54 Å². The van der Waals surface area contributed by atoms with Crippen LogP contribution >= 0.6 is 0 Å². The Morgan fingerprint density at radius 2 is 2.29 bits per heavy atom. The molecule has 3 nitrogen and oxygen atoms in total. The van der Waals surface area contributed by atoms with Crippen LogP contribution in [0, 0.1) is 6.92 Å². The number of likely N-dealkylation sites (tertiary alicyclic amines) is 1. The van der Waals surface area contributed by atoms with Crippen molar-refractivity contribution >= 4 is 0 Å². The van der Waals surface area contributed by atoms with Gasteiger partial charge in [0, 0.05) is 12.1 Å². The minimum atomic E-state index is 0.154. The molecule has 0 aromatic carbocycles. The summed E-state index contributed by atoms with van der Waals surface area (Å²) in [5.74, 6) is 2.01. The molecule has 0 spiro atoms. The summed E-state index contributed by atoms with van der Waals surface area (Å²) in [5, 5.41) is 0. The first-order chi connectivity index (χ1) is 8.13. The van der Waals surface area contributed by atoms with Crippen molar-refractivity contribution in [2.45, 2.75) is 58.2 Å². The maximum Gasteiger partial charge on any atom is 0.122 e. The number of rotatable bonds is 4. The van der Waals surface area contributed by atoms with Gasteiger partial charge in [-0.05, 0) is 51.8 Å². The van der Waals surface area contributed by atoms with Crippen molar-refractivity contribution in [3.05, 3.63) is 23.7 Å². The molecule has 2 N–H and O–H groups in total. The molecule has 96 valence electrons. The first-order valence-electron chi connectivity index (χ1n) is 6.71. The predicted molar refractivity (Wildman–Crippen MR) is 69.9 cm³/mol. The number of furan rings is 1. The molecule has 3 atom stereocenters. The summed E-state index contributed by atoms with van der Waals surface area (Å²) in [7, 11) is 0. The second-order valence-electron chi connectivity index (χ2n) is 5.19. The van der Waals surface area contributed by atoms with Gasteiger partial charge in [-0.2, -0.15) is 0 Å². The second-order valence-corrected chi connectivity index (χ2v) is 5.19. The molecule has 3 heteroatoms. The Hall–Kier alpha value is -0.800. The summed E-state index contributed by atoms with van der Waals surface area (Å²) < 4.78 is 5.81. The van der Waals surface area contributed by atoms with E-state index >= 15 is 0 Å². The SMILES string of the molecule is CCC(N)C(c1ccc(C)o1)N1CCCC1C. The third kappa shape index (κ3) is 2.55. The third-order valence-corrected chi connectivity index (χ3v) is 3.89. The molecule has 3 unspecified atom stereocenters. The summed E-state index contributed by atoms with van der Waals surface area (Å²) in [6.07, 6.45) is 3.52. The Bertz CT molecular complexity index is 361. The highest BCUT2D eigenvalue weighted by Crippen LogP contribution is 2.32. The minimum absolute atomic E-state index is 0.154. The van der Waals surface area contributed by atoms with Crippen LogP contribution < -0.4 is 5.73 Å². The summed E-state index contributed by atoms with van der Waals surface area (Å²) in [5.41, 5.74) is 6.30. The molecule has 0 saturated carbocycles. The molecular formula is C14H24N2O. The zero-order chi connectivity index (χ0) is 12.4. The van der Waals surface area contributed by atoms with E-state index in [1.807, 2.05) is 13.0 Å².